The molecule has 1 aromatic carbocycles. The van der Waals surface area contributed by atoms with Gasteiger partial charge in [0.1, 0.15) is 0 Å². The number of aromatic hydroxyl groups is 1. The minimum Gasteiger partial charge on any atom is -0.505 e. The number of carboxylic acids is 1. The van der Waals surface area contributed by atoms with Crippen molar-refractivity contribution >= 4 is 32.7 Å². The lowest BCUT2D eigenvalue weighted by Crippen LogP contribution is -2.00. The van der Waals surface area contributed by atoms with E-state index in [1.807, 2.05) is 0 Å². The van der Waals surface area contributed by atoms with Crippen molar-refractivity contribution in [2.45, 2.75) is 0 Å². The first-order valence-corrected chi connectivity index (χ1v) is 4.89. The van der Waals surface area contributed by atoms with Crippen LogP contribution in [0.2, 0.25) is 0 Å². The van der Waals surface area contributed by atoms with Gasteiger partial charge in [0.25, 0.3) is 0 Å². The molecule has 0 aliphatic carbocycles. The number of benzene rings is 1. The van der Waals surface area contributed by atoms with Crippen LogP contribution >= 0.6 is 15.9 Å². The highest BCUT2D eigenvalue weighted by atomic mass is 79.9. The van der Waals surface area contributed by atoms with Crippen molar-refractivity contribution in [3.63, 3.8) is 0 Å². The third-order valence-electron chi connectivity index (χ3n) is 2.03. The number of carboxylic acid groups (broad SMARTS) is 1. The van der Waals surface area contributed by atoms with Gasteiger partial charge in [0.15, 0.2) is 11.4 Å². The van der Waals surface area contributed by atoms with Gasteiger partial charge in [0.2, 0.25) is 0 Å². The molecule has 2 rings (SSSR count). The number of pyridine rings is 1. The second-order valence-corrected chi connectivity index (χ2v) is 3.91. The summed E-state index contributed by atoms with van der Waals surface area (Å²) in [5.41, 5.74) is -0.333. The fourth-order valence-corrected chi connectivity index (χ4v) is 1.69. The van der Waals surface area contributed by atoms with E-state index in [0.29, 0.717) is 10.8 Å². The maximum atomic E-state index is 10.7. The highest BCUT2D eigenvalue weighted by Crippen LogP contribution is 2.29. The fraction of sp³-hybridized carbons (Fsp3) is 0. The first-order valence-electron chi connectivity index (χ1n) is 4.10. The number of aromatic nitrogens is 1. The Balaban J connectivity index is 2.82. The summed E-state index contributed by atoms with van der Waals surface area (Å²) in [4.78, 5) is 14.4. The number of aromatic carboxylic acids is 1. The third-order valence-corrected chi connectivity index (χ3v) is 2.52. The maximum Gasteiger partial charge on any atom is 0.358 e. The van der Waals surface area contributed by atoms with E-state index in [0.717, 1.165) is 4.47 Å². The minimum absolute atomic E-state index is 0.304. The number of fused-ring (bicyclic) bond motifs is 1. The summed E-state index contributed by atoms with van der Waals surface area (Å²) in [6.45, 7) is 0. The average Bonchev–Trinajstić information content (AvgIpc) is 2.19. The van der Waals surface area contributed by atoms with Gasteiger partial charge in [-0.1, -0.05) is 22.0 Å². The quantitative estimate of drug-likeness (QED) is 0.833. The van der Waals surface area contributed by atoms with Gasteiger partial charge in [-0.3, -0.25) is 0 Å². The zero-order valence-corrected chi connectivity index (χ0v) is 9.02. The van der Waals surface area contributed by atoms with Gasteiger partial charge in [-0.05, 0) is 12.1 Å². The maximum absolute atomic E-state index is 10.7. The summed E-state index contributed by atoms with van der Waals surface area (Å²) < 4.78 is 0.771. The molecular weight excluding hydrogens is 262 g/mol. The Bertz CT molecular complexity index is 554. The zero-order valence-electron chi connectivity index (χ0n) is 7.44. The van der Waals surface area contributed by atoms with Crippen LogP contribution in [0.25, 0.3) is 10.8 Å². The van der Waals surface area contributed by atoms with Gasteiger partial charge in [0, 0.05) is 21.4 Å². The monoisotopic (exact) mass is 267 g/mol. The summed E-state index contributed by atoms with van der Waals surface area (Å²) in [5.74, 6) is -1.55. The van der Waals surface area contributed by atoms with Gasteiger partial charge in [0.05, 0.1) is 0 Å². The van der Waals surface area contributed by atoms with E-state index in [9.17, 15) is 9.90 Å². The van der Waals surface area contributed by atoms with Crippen LogP contribution in [-0.2, 0) is 0 Å². The highest BCUT2D eigenvalue weighted by Gasteiger charge is 2.14. The van der Waals surface area contributed by atoms with Crippen molar-refractivity contribution in [2.24, 2.45) is 0 Å². The molecule has 2 N–H and O–H groups in total. The van der Waals surface area contributed by atoms with E-state index in [1.165, 1.54) is 6.20 Å². The summed E-state index contributed by atoms with van der Waals surface area (Å²) >= 11 is 3.25. The second kappa shape index (κ2) is 3.51. The normalized spacial score (nSPS) is 10.5. The van der Waals surface area contributed by atoms with E-state index in [1.54, 1.807) is 18.2 Å². The van der Waals surface area contributed by atoms with Gasteiger partial charge < -0.3 is 10.2 Å². The standard InChI is InChI=1S/C10H6BrNO3/c11-6-2-1-5-4-12-8(10(14)15)9(13)7(5)3-6/h1-4,13H,(H,14,15). The molecular formula is C10H6BrNO3. The molecule has 0 saturated carbocycles. The van der Waals surface area contributed by atoms with E-state index >= 15 is 0 Å². The number of hydrogen-bond acceptors (Lipinski definition) is 3. The van der Waals surface area contributed by atoms with Crippen LogP contribution in [0.5, 0.6) is 5.75 Å². The van der Waals surface area contributed by atoms with Crippen LogP contribution in [0.3, 0.4) is 0 Å². The predicted octanol–water partition coefficient (Wildman–Crippen LogP) is 2.40. The Labute approximate surface area is 93.3 Å². The third kappa shape index (κ3) is 1.66. The van der Waals surface area contributed by atoms with Gasteiger partial charge in [-0.15, -0.1) is 0 Å². The molecule has 0 spiro atoms. The molecule has 0 aliphatic heterocycles. The summed E-state index contributed by atoms with van der Waals surface area (Å²) in [6, 6.07) is 5.19. The van der Waals surface area contributed by atoms with Crippen LogP contribution in [-0.4, -0.2) is 21.2 Å². The van der Waals surface area contributed by atoms with E-state index in [-0.39, 0.29) is 11.4 Å². The first kappa shape index (κ1) is 9.92. The second-order valence-electron chi connectivity index (χ2n) is 2.99. The van der Waals surface area contributed by atoms with E-state index in [2.05, 4.69) is 20.9 Å². The molecule has 0 aliphatic rings. The molecule has 0 bridgehead atoms. The average molecular weight is 268 g/mol. The highest BCUT2D eigenvalue weighted by molar-refractivity contribution is 9.10. The molecule has 2 aromatic rings. The van der Waals surface area contributed by atoms with Crippen molar-refractivity contribution in [2.75, 3.05) is 0 Å². The lowest BCUT2D eigenvalue weighted by molar-refractivity contribution is 0.0687. The van der Waals surface area contributed by atoms with Gasteiger partial charge in [-0.25, -0.2) is 9.78 Å². The number of hydrogen-bond donors (Lipinski definition) is 2. The van der Waals surface area contributed by atoms with Gasteiger partial charge in [-0.2, -0.15) is 0 Å². The lowest BCUT2D eigenvalue weighted by Gasteiger charge is -2.03. The molecule has 1 aromatic heterocycles. The molecule has 0 saturated heterocycles. The van der Waals surface area contributed by atoms with Crippen molar-refractivity contribution in [1.29, 1.82) is 0 Å². The number of rotatable bonds is 1. The topological polar surface area (TPSA) is 70.4 Å². The van der Waals surface area contributed by atoms with Crippen LogP contribution < -0.4 is 0 Å². The number of nitrogens with zero attached hydrogens (tertiary/aromatic N) is 1. The molecule has 0 unspecified atom stereocenters. The molecule has 1 heterocycles. The summed E-state index contributed by atoms with van der Waals surface area (Å²) in [6.07, 6.45) is 1.42. The Morgan fingerprint density at radius 2 is 2.13 bits per heavy atom. The fourth-order valence-electron chi connectivity index (χ4n) is 1.33. The summed E-state index contributed by atoms with van der Waals surface area (Å²) in [7, 11) is 0. The SMILES string of the molecule is O=C(O)c1ncc2ccc(Br)cc2c1O. The number of halogens is 1. The van der Waals surface area contributed by atoms with Crippen molar-refractivity contribution in [3.8, 4) is 5.75 Å². The molecule has 4 nitrogen and oxygen atoms in total. The van der Waals surface area contributed by atoms with E-state index < -0.39 is 5.97 Å². The van der Waals surface area contributed by atoms with Crippen LogP contribution in [0.15, 0.2) is 28.9 Å². The van der Waals surface area contributed by atoms with E-state index in [4.69, 9.17) is 5.11 Å². The van der Waals surface area contributed by atoms with Gasteiger partial charge >= 0.3 is 5.97 Å². The van der Waals surface area contributed by atoms with Crippen LogP contribution in [0.1, 0.15) is 10.5 Å². The minimum atomic E-state index is -1.24. The predicted molar refractivity (Wildman–Crippen MR) is 58.1 cm³/mol. The largest absolute Gasteiger partial charge is 0.505 e. The molecule has 0 fully saturated rings. The van der Waals surface area contributed by atoms with Crippen LogP contribution in [0, 0.1) is 0 Å². The van der Waals surface area contributed by atoms with Crippen LogP contribution in [0.4, 0.5) is 0 Å². The molecule has 5 heteroatoms. The molecule has 0 atom stereocenters. The van der Waals surface area contributed by atoms with Crippen molar-refractivity contribution < 1.29 is 15.0 Å². The number of carbonyl (C=O) groups is 1. The molecule has 0 amide bonds. The molecule has 15 heavy (non-hydrogen) atoms. The Hall–Kier alpha value is -1.62. The Morgan fingerprint density at radius 1 is 1.40 bits per heavy atom. The molecule has 0 radical (unpaired) electrons. The molecule has 76 valence electrons. The smallest absolute Gasteiger partial charge is 0.358 e. The van der Waals surface area contributed by atoms with Crippen molar-refractivity contribution in [1.82, 2.24) is 4.98 Å². The Kier molecular flexibility index (Phi) is 2.32. The zero-order chi connectivity index (χ0) is 11.0. The van der Waals surface area contributed by atoms with Crippen molar-refractivity contribution in [3.05, 3.63) is 34.6 Å². The summed E-state index contributed by atoms with van der Waals surface area (Å²) in [5, 5.41) is 19.6. The first-order chi connectivity index (χ1) is 7.09. The lowest BCUT2D eigenvalue weighted by atomic mass is 10.1. The Morgan fingerprint density at radius 3 is 2.80 bits per heavy atom.